The Bertz CT molecular complexity index is 3990. The highest BCUT2D eigenvalue weighted by Gasteiger charge is 2.32. The Morgan fingerprint density at radius 3 is 1.14 bits per heavy atom. The van der Waals surface area contributed by atoms with Crippen molar-refractivity contribution in [2.24, 2.45) is 5.73 Å². The molecule has 0 bridgehead atoms. The van der Waals surface area contributed by atoms with E-state index in [0.29, 0.717) is 33.4 Å². The number of carboxylic acids is 2. The van der Waals surface area contributed by atoms with Crippen LogP contribution in [0.4, 0.5) is 4.79 Å². The maximum atomic E-state index is 13.4. The van der Waals surface area contributed by atoms with Gasteiger partial charge in [-0.05, 0) is 117 Å². The van der Waals surface area contributed by atoms with E-state index in [-0.39, 0.29) is 53.5 Å². The second-order valence-electron chi connectivity index (χ2n) is 19.8. The number of aliphatic carboxylic acids is 2. The van der Waals surface area contributed by atoms with Gasteiger partial charge in [0.15, 0.2) is 0 Å². The molecule has 0 aliphatic heterocycles. The molecule has 9 N–H and O–H groups in total. The summed E-state index contributed by atoms with van der Waals surface area (Å²) in [5.74, 6) is 6.90. The molecule has 0 saturated heterocycles. The summed E-state index contributed by atoms with van der Waals surface area (Å²) in [4.78, 5) is 61.6. The number of aryl methyl sites for hydroxylation is 3. The molecule has 0 fully saturated rings. The molecule has 4 unspecified atom stereocenters. The maximum absolute atomic E-state index is 13.4. The smallest absolute Gasteiger partial charge is 0.326 e. The fourth-order valence-corrected chi connectivity index (χ4v) is 11.4. The van der Waals surface area contributed by atoms with Gasteiger partial charge in [0.1, 0.15) is 30.8 Å². The third kappa shape index (κ3) is 21.8. The van der Waals surface area contributed by atoms with Gasteiger partial charge in [-0.2, -0.15) is 17.9 Å². The third-order valence-corrected chi connectivity index (χ3v) is 17.1. The number of carbonyl (C=O) groups excluding carboxylic acids is 3. The molecule has 0 spiro atoms. The number of rotatable bonds is 24. The van der Waals surface area contributed by atoms with Crippen LogP contribution in [0.25, 0.3) is 0 Å². The van der Waals surface area contributed by atoms with Gasteiger partial charge in [-0.1, -0.05) is 162 Å². The molecule has 7 aromatic rings. The molecular formula is C64H64N6O14S3. The van der Waals surface area contributed by atoms with Crippen LogP contribution < -0.4 is 31.1 Å². The summed E-state index contributed by atoms with van der Waals surface area (Å²) in [6.07, 6.45) is -0.119. The van der Waals surface area contributed by atoms with E-state index in [1.807, 2.05) is 20.8 Å². The Hall–Kier alpha value is -9.46. The minimum atomic E-state index is -4.11. The van der Waals surface area contributed by atoms with Crippen LogP contribution in [-0.4, -0.2) is 103 Å². The summed E-state index contributed by atoms with van der Waals surface area (Å²) >= 11 is 0. The summed E-state index contributed by atoms with van der Waals surface area (Å²) in [6.45, 7) is 5.22. The predicted octanol–water partition coefficient (Wildman–Crippen LogP) is 5.48. The van der Waals surface area contributed by atoms with E-state index in [4.69, 9.17) is 9.92 Å². The molecule has 87 heavy (non-hydrogen) atoms. The molecular weight excluding hydrogens is 1170 g/mol. The van der Waals surface area contributed by atoms with Crippen LogP contribution in [0, 0.1) is 44.5 Å². The van der Waals surface area contributed by atoms with Crippen LogP contribution in [0.5, 0.6) is 0 Å². The van der Waals surface area contributed by atoms with Crippen LogP contribution >= 0.6 is 0 Å². The highest BCUT2D eigenvalue weighted by Crippen LogP contribution is 2.18. The summed E-state index contributed by atoms with van der Waals surface area (Å²) in [7, 11) is -12.1. The van der Waals surface area contributed by atoms with Crippen LogP contribution in [0.1, 0.15) is 50.1 Å². The lowest BCUT2D eigenvalue weighted by molar-refractivity contribution is -0.142. The van der Waals surface area contributed by atoms with Crippen molar-refractivity contribution in [3.8, 4) is 23.7 Å². The van der Waals surface area contributed by atoms with Crippen LogP contribution in [-0.2, 0) is 79.2 Å². The first-order chi connectivity index (χ1) is 41.3. The fraction of sp³-hybridized carbons (Fsp3) is 0.203. The van der Waals surface area contributed by atoms with Crippen molar-refractivity contribution in [3.63, 3.8) is 0 Å². The van der Waals surface area contributed by atoms with Crippen molar-refractivity contribution in [2.75, 3.05) is 13.2 Å². The van der Waals surface area contributed by atoms with Crippen molar-refractivity contribution < 1.29 is 63.6 Å². The summed E-state index contributed by atoms with van der Waals surface area (Å²) < 4.78 is 86.9. The number of urea groups is 1. The van der Waals surface area contributed by atoms with E-state index in [1.54, 1.807) is 146 Å². The van der Waals surface area contributed by atoms with Crippen LogP contribution in [0.15, 0.2) is 197 Å². The van der Waals surface area contributed by atoms with Crippen molar-refractivity contribution in [1.82, 2.24) is 25.4 Å². The molecule has 7 rings (SSSR count). The van der Waals surface area contributed by atoms with Gasteiger partial charge < -0.3 is 31.9 Å². The van der Waals surface area contributed by atoms with Gasteiger partial charge in [-0.15, -0.1) is 0 Å². The molecule has 20 nitrogen and oxygen atoms in total. The normalized spacial score (nSPS) is 12.5. The summed E-state index contributed by atoms with van der Waals surface area (Å²) in [6, 6.07) is 43.5. The van der Waals surface area contributed by atoms with Gasteiger partial charge in [0.2, 0.25) is 31.9 Å². The molecule has 7 aromatic carbocycles. The number of sulfonamides is 2. The van der Waals surface area contributed by atoms with E-state index in [2.05, 4.69) is 49.1 Å². The maximum Gasteiger partial charge on any atom is 0.326 e. The largest absolute Gasteiger partial charge is 0.480 e. The average molecular weight is 1240 g/mol. The van der Waals surface area contributed by atoms with Gasteiger partial charge in [-0.3, -0.25) is 13.8 Å². The quantitative estimate of drug-likeness (QED) is 0.0275. The zero-order chi connectivity index (χ0) is 63.2. The minimum absolute atomic E-state index is 0.00644. The van der Waals surface area contributed by atoms with Crippen LogP contribution in [0.3, 0.4) is 0 Å². The van der Waals surface area contributed by atoms with Crippen molar-refractivity contribution in [3.05, 3.63) is 232 Å². The minimum Gasteiger partial charge on any atom is -0.480 e. The van der Waals surface area contributed by atoms with E-state index < -0.39 is 84.1 Å². The number of carboxylic acid groups (broad SMARTS) is 2. The summed E-state index contributed by atoms with van der Waals surface area (Å²) in [5.41, 5.74) is 11.4. The lowest BCUT2D eigenvalue weighted by Crippen LogP contribution is -2.53. The number of amides is 4. The molecule has 0 aliphatic carbocycles. The van der Waals surface area contributed by atoms with Crippen LogP contribution in [0.2, 0.25) is 0 Å². The first-order valence-corrected chi connectivity index (χ1v) is 31.2. The molecule has 452 valence electrons. The number of hydrogen-bond donors (Lipinski definition) is 8. The summed E-state index contributed by atoms with van der Waals surface area (Å²) in [5, 5.41) is 27.1. The Morgan fingerprint density at radius 2 is 0.782 bits per heavy atom. The van der Waals surface area contributed by atoms with Gasteiger partial charge >= 0.3 is 18.0 Å². The number of nitrogens with two attached hydrogens (primary N) is 1. The molecule has 0 aromatic heterocycles. The zero-order valence-electron chi connectivity index (χ0n) is 47.5. The molecule has 4 amide bonds. The highest BCUT2D eigenvalue weighted by atomic mass is 32.2. The Kier molecular flexibility index (Phi) is 24.2. The molecule has 0 saturated carbocycles. The number of nitrogens with one attached hydrogen (secondary N) is 5. The second kappa shape index (κ2) is 31.6. The number of benzene rings is 7. The second-order valence-corrected chi connectivity index (χ2v) is 24.8. The molecule has 0 aliphatic rings. The van der Waals surface area contributed by atoms with E-state index >= 15 is 0 Å². The molecule has 0 heterocycles. The van der Waals surface area contributed by atoms with Crippen molar-refractivity contribution in [1.29, 1.82) is 0 Å². The molecule has 0 radical (unpaired) electrons. The standard InChI is InChI=1S/C35H34N2O8S2.C29H30N4O6S/c1-25-10-18-30(19-11-25)46(41,42)37-32(23-28-7-4-3-5-8-28)34(38)36-33(35(39)40)24-29-16-14-27(15-17-29)9-6-22-45-47(43,44)31-20-12-26(2)13-21-31;1-20-9-15-24(16-10-20)40(38,39)33-25(18-22-6-3-2-4-7-22)27(34)32-26(28(35)36)19-23-13-11-21(12-14-23)8-5-17-31-29(30)37/h3-5,7-8,10-21,32-33,37H,22-24H2,1-2H3,(H,36,38)(H,39,40);2-4,6-7,9-16,25-26,33H,17-19H2,1H3,(H,32,34)(H,35,36)(H3,30,31,37). The van der Waals surface area contributed by atoms with Crippen molar-refractivity contribution in [2.45, 2.75) is 85.3 Å². The lowest BCUT2D eigenvalue weighted by atomic mass is 10.0. The van der Waals surface area contributed by atoms with Gasteiger partial charge in [0.05, 0.1) is 21.2 Å². The monoisotopic (exact) mass is 1240 g/mol. The topological polar surface area (TPSA) is 324 Å². The Balaban J connectivity index is 0.000000282. The SMILES string of the molecule is Cc1ccc(S(=O)(=O)NC(Cc2ccccc2)C(=O)NC(Cc2ccc(C#CCNC(N)=O)cc2)C(=O)O)cc1.Cc1ccc(S(=O)(=O)NC(Cc2ccccc2)C(=O)NC(Cc2ccc(C#CCOS(=O)(=O)c3ccc(C)cc3)cc2)C(=O)O)cc1. The Labute approximate surface area is 506 Å². The number of hydrogen-bond acceptors (Lipinski definition) is 12. The molecule has 23 heteroatoms. The first kappa shape index (κ1) is 66.7. The zero-order valence-corrected chi connectivity index (χ0v) is 49.9. The third-order valence-electron chi connectivity index (χ3n) is 12.9. The number of primary amides is 1. The number of carbonyl (C=O) groups is 5. The van der Waals surface area contributed by atoms with Gasteiger partial charge in [0, 0.05) is 24.0 Å². The van der Waals surface area contributed by atoms with Gasteiger partial charge in [0.25, 0.3) is 10.1 Å². The lowest BCUT2D eigenvalue weighted by Gasteiger charge is -2.22. The van der Waals surface area contributed by atoms with Crippen molar-refractivity contribution >= 4 is 59.9 Å². The van der Waals surface area contributed by atoms with E-state index in [0.717, 1.165) is 16.7 Å². The first-order valence-electron chi connectivity index (χ1n) is 26.8. The highest BCUT2D eigenvalue weighted by molar-refractivity contribution is 7.90. The average Bonchev–Trinajstić information content (AvgIpc) is 3.42. The Morgan fingerprint density at radius 1 is 0.448 bits per heavy atom. The van der Waals surface area contributed by atoms with E-state index in [9.17, 15) is 59.4 Å². The van der Waals surface area contributed by atoms with E-state index in [1.165, 1.54) is 36.4 Å². The predicted molar refractivity (Wildman–Crippen MR) is 326 cm³/mol. The molecule has 4 atom stereocenters. The fourth-order valence-electron chi connectivity index (χ4n) is 8.18. The van der Waals surface area contributed by atoms with Gasteiger partial charge in [-0.25, -0.2) is 31.2 Å².